The van der Waals surface area contributed by atoms with Crippen LogP contribution < -0.4 is 0 Å². The molecule has 0 atom stereocenters. The molecule has 0 N–H and O–H groups in total. The molecular weight excluding hydrogens is 282 g/mol. The predicted octanol–water partition coefficient (Wildman–Crippen LogP) is 3.07. The number of aryl methyl sites for hydroxylation is 1. The van der Waals surface area contributed by atoms with Crippen LogP contribution in [0.5, 0.6) is 0 Å². The molecule has 3 rings (SSSR count). The van der Waals surface area contributed by atoms with Gasteiger partial charge in [0.25, 0.3) is 0 Å². The van der Waals surface area contributed by atoms with Crippen molar-refractivity contribution in [1.82, 2.24) is 14.5 Å². The number of carbonyl (C=O) groups excluding carboxylic acids is 1. The average Bonchev–Trinajstić information content (AvgIpc) is 3.18. The van der Waals surface area contributed by atoms with Crippen LogP contribution in [-0.2, 0) is 11.2 Å². The van der Waals surface area contributed by atoms with Gasteiger partial charge in [-0.1, -0.05) is 18.2 Å². The number of benzene rings is 1. The smallest absolute Gasteiger partial charge is 0.419 e. The van der Waals surface area contributed by atoms with Crippen LogP contribution in [0.3, 0.4) is 0 Å². The topological polar surface area (TPSA) is 70.2 Å². The Kier molecular flexibility index (Phi) is 4.00. The highest BCUT2D eigenvalue weighted by Crippen LogP contribution is 2.21. The largest absolute Gasteiger partial charge is 0.448 e. The van der Waals surface area contributed by atoms with Crippen molar-refractivity contribution >= 4 is 6.09 Å². The van der Waals surface area contributed by atoms with Crippen LogP contribution in [0.4, 0.5) is 4.79 Å². The van der Waals surface area contributed by atoms with Gasteiger partial charge < -0.3 is 9.15 Å². The number of oxazole rings is 1. The molecule has 0 amide bonds. The number of hydrogen-bond acceptors (Lipinski definition) is 5. The normalized spacial score (nSPS) is 10.6. The third-order valence-corrected chi connectivity index (χ3v) is 3.19. The van der Waals surface area contributed by atoms with Crippen molar-refractivity contribution in [1.29, 1.82) is 0 Å². The van der Waals surface area contributed by atoms with Crippen molar-refractivity contribution in [2.45, 2.75) is 13.3 Å². The Morgan fingerprint density at radius 3 is 2.86 bits per heavy atom. The number of imidazole rings is 1. The Balaban J connectivity index is 1.61. The van der Waals surface area contributed by atoms with Crippen molar-refractivity contribution < 1.29 is 13.9 Å². The van der Waals surface area contributed by atoms with E-state index in [4.69, 9.17) is 9.15 Å². The van der Waals surface area contributed by atoms with Gasteiger partial charge in [0.15, 0.2) is 0 Å². The van der Waals surface area contributed by atoms with Crippen molar-refractivity contribution in [2.24, 2.45) is 0 Å². The molecule has 0 aliphatic heterocycles. The van der Waals surface area contributed by atoms with E-state index in [0.717, 1.165) is 17.0 Å². The third kappa shape index (κ3) is 3.06. The summed E-state index contributed by atoms with van der Waals surface area (Å²) in [5.41, 5.74) is 1.71. The molecule has 0 fully saturated rings. The van der Waals surface area contributed by atoms with Crippen LogP contribution in [0.15, 0.2) is 53.5 Å². The van der Waals surface area contributed by atoms with Crippen LogP contribution in [0.1, 0.15) is 11.5 Å². The molecular formula is C16H15N3O3. The highest BCUT2D eigenvalue weighted by Gasteiger charge is 2.12. The van der Waals surface area contributed by atoms with E-state index in [1.54, 1.807) is 0 Å². The fraction of sp³-hybridized carbons (Fsp3) is 0.188. The zero-order chi connectivity index (χ0) is 15.4. The molecule has 6 nitrogen and oxygen atoms in total. The maximum atomic E-state index is 11.7. The summed E-state index contributed by atoms with van der Waals surface area (Å²) in [5.74, 6) is 1.31. The molecule has 1 aromatic carbocycles. The number of hydrogen-bond donors (Lipinski definition) is 0. The minimum atomic E-state index is -0.457. The van der Waals surface area contributed by atoms with E-state index in [2.05, 4.69) is 9.97 Å². The molecule has 0 aliphatic carbocycles. The van der Waals surface area contributed by atoms with Gasteiger partial charge >= 0.3 is 6.09 Å². The lowest BCUT2D eigenvalue weighted by atomic mass is 10.2. The zero-order valence-electron chi connectivity index (χ0n) is 12.1. The molecule has 3 aromatic rings. The van der Waals surface area contributed by atoms with Crippen molar-refractivity contribution in [3.63, 3.8) is 0 Å². The van der Waals surface area contributed by atoms with E-state index in [-0.39, 0.29) is 6.61 Å². The molecule has 2 heterocycles. The van der Waals surface area contributed by atoms with Gasteiger partial charge in [0, 0.05) is 24.4 Å². The lowest BCUT2D eigenvalue weighted by molar-refractivity contribution is 0.148. The second-order valence-corrected chi connectivity index (χ2v) is 4.72. The molecule has 0 saturated heterocycles. The second kappa shape index (κ2) is 6.26. The first kappa shape index (κ1) is 14.1. The first-order chi connectivity index (χ1) is 10.7. The molecule has 0 radical (unpaired) electrons. The Bertz CT molecular complexity index is 748. The first-order valence-electron chi connectivity index (χ1n) is 6.91. The molecule has 112 valence electrons. The zero-order valence-corrected chi connectivity index (χ0v) is 12.1. The summed E-state index contributed by atoms with van der Waals surface area (Å²) < 4.78 is 12.1. The van der Waals surface area contributed by atoms with E-state index in [0.29, 0.717) is 12.3 Å². The molecule has 6 heteroatoms. The number of carbonyl (C=O) groups is 1. The quantitative estimate of drug-likeness (QED) is 0.740. The fourth-order valence-corrected chi connectivity index (χ4v) is 2.04. The monoisotopic (exact) mass is 297 g/mol. The second-order valence-electron chi connectivity index (χ2n) is 4.72. The molecule has 0 spiro atoms. The number of nitrogens with zero attached hydrogens (tertiary/aromatic N) is 3. The van der Waals surface area contributed by atoms with E-state index < -0.39 is 6.09 Å². The van der Waals surface area contributed by atoms with Crippen molar-refractivity contribution in [3.8, 4) is 11.5 Å². The summed E-state index contributed by atoms with van der Waals surface area (Å²) in [7, 11) is 0. The van der Waals surface area contributed by atoms with Gasteiger partial charge in [0.1, 0.15) is 12.1 Å². The Morgan fingerprint density at radius 2 is 2.14 bits per heavy atom. The van der Waals surface area contributed by atoms with E-state index >= 15 is 0 Å². The third-order valence-electron chi connectivity index (χ3n) is 3.19. The highest BCUT2D eigenvalue weighted by atomic mass is 16.5. The molecule has 0 unspecified atom stereocenters. The summed E-state index contributed by atoms with van der Waals surface area (Å²) in [5, 5.41) is 0. The Hall–Kier alpha value is -2.89. The van der Waals surface area contributed by atoms with Crippen LogP contribution >= 0.6 is 0 Å². The maximum Gasteiger partial charge on any atom is 0.419 e. The van der Waals surface area contributed by atoms with Crippen LogP contribution in [0.2, 0.25) is 0 Å². The summed E-state index contributed by atoms with van der Waals surface area (Å²) >= 11 is 0. The lowest BCUT2D eigenvalue weighted by Gasteiger charge is -2.03. The summed E-state index contributed by atoms with van der Waals surface area (Å²) in [6, 6.07) is 9.68. The Labute approximate surface area is 127 Å². The predicted molar refractivity (Wildman–Crippen MR) is 79.4 cm³/mol. The lowest BCUT2D eigenvalue weighted by Crippen LogP contribution is -2.13. The van der Waals surface area contributed by atoms with E-state index in [1.165, 1.54) is 23.3 Å². The van der Waals surface area contributed by atoms with Gasteiger partial charge in [0.2, 0.25) is 5.89 Å². The van der Waals surface area contributed by atoms with Gasteiger partial charge in [-0.25, -0.2) is 19.3 Å². The van der Waals surface area contributed by atoms with Crippen molar-refractivity contribution in [2.75, 3.05) is 6.61 Å². The minimum absolute atomic E-state index is 0.235. The average molecular weight is 297 g/mol. The van der Waals surface area contributed by atoms with Crippen LogP contribution in [0, 0.1) is 6.92 Å². The summed E-state index contributed by atoms with van der Waals surface area (Å²) in [4.78, 5) is 19.9. The van der Waals surface area contributed by atoms with Gasteiger partial charge in [-0.15, -0.1) is 0 Å². The van der Waals surface area contributed by atoms with Gasteiger partial charge in [0.05, 0.1) is 12.3 Å². The molecule has 0 saturated carbocycles. The van der Waals surface area contributed by atoms with Gasteiger partial charge in [-0.05, 0) is 19.1 Å². The Morgan fingerprint density at radius 1 is 1.32 bits per heavy atom. The standard InChI is InChI=1S/C16H15N3O3/c1-12-14(7-10-21-16(20)19-9-8-17-11-19)18-15(22-12)13-5-3-2-4-6-13/h2-6,8-9,11H,7,10H2,1H3. The minimum Gasteiger partial charge on any atom is -0.448 e. The maximum absolute atomic E-state index is 11.7. The number of rotatable bonds is 4. The molecule has 0 bridgehead atoms. The molecule has 2 aromatic heterocycles. The fourth-order valence-electron chi connectivity index (χ4n) is 2.04. The van der Waals surface area contributed by atoms with Gasteiger partial charge in [-0.2, -0.15) is 0 Å². The number of ether oxygens (including phenoxy) is 1. The van der Waals surface area contributed by atoms with Gasteiger partial charge in [-0.3, -0.25) is 0 Å². The first-order valence-corrected chi connectivity index (χ1v) is 6.91. The van der Waals surface area contributed by atoms with Crippen LogP contribution in [0.25, 0.3) is 11.5 Å². The van der Waals surface area contributed by atoms with Crippen LogP contribution in [-0.4, -0.2) is 27.2 Å². The summed E-state index contributed by atoms with van der Waals surface area (Å²) in [6.45, 7) is 2.09. The van der Waals surface area contributed by atoms with E-state index in [1.807, 2.05) is 37.3 Å². The van der Waals surface area contributed by atoms with E-state index in [9.17, 15) is 4.79 Å². The molecule has 0 aliphatic rings. The highest BCUT2D eigenvalue weighted by molar-refractivity contribution is 5.69. The molecule has 22 heavy (non-hydrogen) atoms. The summed E-state index contributed by atoms with van der Waals surface area (Å²) in [6.07, 6.45) is 4.51. The SMILES string of the molecule is Cc1oc(-c2ccccc2)nc1CCOC(=O)n1ccnc1. The number of aromatic nitrogens is 3. The van der Waals surface area contributed by atoms with Crippen molar-refractivity contribution in [3.05, 3.63) is 60.5 Å².